The Bertz CT molecular complexity index is 411. The van der Waals surface area contributed by atoms with Crippen LogP contribution in [0.1, 0.15) is 36.5 Å². The SMILES string of the molecule is CCCOC(=O)c1ccc(NCCN2CCCC2)cc1. The molecule has 0 amide bonds. The number of likely N-dealkylation sites (tertiary alicyclic amines) is 1. The van der Waals surface area contributed by atoms with Gasteiger partial charge in [-0.15, -0.1) is 0 Å². The van der Waals surface area contributed by atoms with Crippen LogP contribution in [0.25, 0.3) is 0 Å². The number of carbonyl (C=O) groups excluding carboxylic acids is 1. The van der Waals surface area contributed by atoms with Gasteiger partial charge in [0.1, 0.15) is 0 Å². The van der Waals surface area contributed by atoms with Gasteiger partial charge in [0, 0.05) is 18.8 Å². The van der Waals surface area contributed by atoms with Crippen LogP contribution in [0.5, 0.6) is 0 Å². The lowest BCUT2D eigenvalue weighted by molar-refractivity contribution is 0.0505. The van der Waals surface area contributed by atoms with E-state index in [2.05, 4.69) is 10.2 Å². The minimum atomic E-state index is -0.240. The molecule has 0 aliphatic carbocycles. The summed E-state index contributed by atoms with van der Waals surface area (Å²) in [5.74, 6) is -0.240. The van der Waals surface area contributed by atoms with E-state index in [1.807, 2.05) is 31.2 Å². The first-order chi connectivity index (χ1) is 9.79. The van der Waals surface area contributed by atoms with Gasteiger partial charge in [0.2, 0.25) is 0 Å². The highest BCUT2D eigenvalue weighted by Crippen LogP contribution is 2.11. The Morgan fingerprint density at radius 3 is 2.60 bits per heavy atom. The second kappa shape index (κ2) is 7.90. The van der Waals surface area contributed by atoms with E-state index < -0.39 is 0 Å². The molecule has 1 heterocycles. The molecule has 1 N–H and O–H groups in total. The Labute approximate surface area is 121 Å². The number of hydrogen-bond donors (Lipinski definition) is 1. The molecule has 20 heavy (non-hydrogen) atoms. The Morgan fingerprint density at radius 1 is 1.25 bits per heavy atom. The average Bonchev–Trinajstić information content (AvgIpc) is 2.99. The summed E-state index contributed by atoms with van der Waals surface area (Å²) < 4.78 is 5.10. The number of anilines is 1. The van der Waals surface area contributed by atoms with Crippen molar-refractivity contribution in [2.45, 2.75) is 26.2 Å². The highest BCUT2D eigenvalue weighted by atomic mass is 16.5. The number of nitrogens with one attached hydrogen (secondary N) is 1. The molecule has 1 aromatic carbocycles. The molecule has 0 bridgehead atoms. The zero-order chi connectivity index (χ0) is 14.2. The number of carbonyl (C=O) groups is 1. The van der Waals surface area contributed by atoms with E-state index in [0.717, 1.165) is 25.2 Å². The lowest BCUT2D eigenvalue weighted by atomic mass is 10.2. The van der Waals surface area contributed by atoms with E-state index in [4.69, 9.17) is 4.74 Å². The predicted octanol–water partition coefficient (Wildman–Crippen LogP) is 2.76. The monoisotopic (exact) mass is 276 g/mol. The van der Waals surface area contributed by atoms with Crippen LogP contribution in [0.15, 0.2) is 24.3 Å². The Hall–Kier alpha value is -1.55. The molecule has 0 atom stereocenters. The van der Waals surface area contributed by atoms with Crippen molar-refractivity contribution in [3.63, 3.8) is 0 Å². The molecule has 1 aliphatic heterocycles. The van der Waals surface area contributed by atoms with Gasteiger partial charge < -0.3 is 15.0 Å². The molecule has 0 unspecified atom stereocenters. The van der Waals surface area contributed by atoms with E-state index >= 15 is 0 Å². The molecule has 0 saturated carbocycles. The van der Waals surface area contributed by atoms with Crippen molar-refractivity contribution in [2.24, 2.45) is 0 Å². The van der Waals surface area contributed by atoms with Crippen LogP contribution in [0.4, 0.5) is 5.69 Å². The fourth-order valence-corrected chi connectivity index (χ4v) is 2.37. The van der Waals surface area contributed by atoms with E-state index in [1.165, 1.54) is 25.9 Å². The number of esters is 1. The maximum atomic E-state index is 11.7. The molecule has 1 aliphatic rings. The minimum Gasteiger partial charge on any atom is -0.462 e. The second-order valence-corrected chi connectivity index (χ2v) is 5.19. The van der Waals surface area contributed by atoms with Crippen LogP contribution < -0.4 is 5.32 Å². The second-order valence-electron chi connectivity index (χ2n) is 5.19. The van der Waals surface area contributed by atoms with Gasteiger partial charge >= 0.3 is 5.97 Å². The predicted molar refractivity (Wildman–Crippen MR) is 81.2 cm³/mol. The van der Waals surface area contributed by atoms with Crippen molar-refractivity contribution in [1.29, 1.82) is 0 Å². The van der Waals surface area contributed by atoms with Gasteiger partial charge in [0.05, 0.1) is 12.2 Å². The van der Waals surface area contributed by atoms with Crippen LogP contribution in [0.2, 0.25) is 0 Å². The summed E-state index contributed by atoms with van der Waals surface area (Å²) in [5, 5.41) is 3.39. The molecule has 4 nitrogen and oxygen atoms in total. The quantitative estimate of drug-likeness (QED) is 0.778. The number of rotatable bonds is 7. The summed E-state index contributed by atoms with van der Waals surface area (Å²) in [6.07, 6.45) is 3.50. The topological polar surface area (TPSA) is 41.6 Å². The Balaban J connectivity index is 1.74. The van der Waals surface area contributed by atoms with Crippen molar-refractivity contribution >= 4 is 11.7 Å². The van der Waals surface area contributed by atoms with Gasteiger partial charge in [0.15, 0.2) is 0 Å². The van der Waals surface area contributed by atoms with Gasteiger partial charge in [-0.05, 0) is 56.6 Å². The molecule has 1 fully saturated rings. The maximum absolute atomic E-state index is 11.7. The van der Waals surface area contributed by atoms with E-state index in [-0.39, 0.29) is 5.97 Å². The fraction of sp³-hybridized carbons (Fsp3) is 0.562. The van der Waals surface area contributed by atoms with E-state index in [1.54, 1.807) is 0 Å². The zero-order valence-corrected chi connectivity index (χ0v) is 12.2. The summed E-state index contributed by atoms with van der Waals surface area (Å²) in [6.45, 7) is 6.95. The summed E-state index contributed by atoms with van der Waals surface area (Å²) >= 11 is 0. The summed E-state index contributed by atoms with van der Waals surface area (Å²) in [4.78, 5) is 14.1. The van der Waals surface area contributed by atoms with Crippen molar-refractivity contribution < 1.29 is 9.53 Å². The molecule has 1 saturated heterocycles. The van der Waals surface area contributed by atoms with Crippen LogP contribution in [0, 0.1) is 0 Å². The van der Waals surface area contributed by atoms with Gasteiger partial charge in [-0.3, -0.25) is 0 Å². The van der Waals surface area contributed by atoms with Gasteiger partial charge in [-0.1, -0.05) is 6.92 Å². The number of nitrogens with zero attached hydrogens (tertiary/aromatic N) is 1. The molecule has 0 spiro atoms. The average molecular weight is 276 g/mol. The van der Waals surface area contributed by atoms with Crippen molar-refractivity contribution in [3.05, 3.63) is 29.8 Å². The molecular weight excluding hydrogens is 252 g/mol. The molecule has 110 valence electrons. The van der Waals surface area contributed by atoms with Gasteiger partial charge in [0.25, 0.3) is 0 Å². The van der Waals surface area contributed by atoms with Gasteiger partial charge in [-0.25, -0.2) is 4.79 Å². The van der Waals surface area contributed by atoms with Crippen molar-refractivity contribution in [1.82, 2.24) is 4.90 Å². The molecule has 1 aromatic rings. The molecule has 2 rings (SSSR count). The summed E-state index contributed by atoms with van der Waals surface area (Å²) in [6, 6.07) is 7.51. The highest BCUT2D eigenvalue weighted by Gasteiger charge is 2.10. The Morgan fingerprint density at radius 2 is 1.95 bits per heavy atom. The summed E-state index contributed by atoms with van der Waals surface area (Å²) in [7, 11) is 0. The molecular formula is C16H24N2O2. The fourth-order valence-electron chi connectivity index (χ4n) is 2.37. The molecule has 0 radical (unpaired) electrons. The van der Waals surface area contributed by atoms with Crippen molar-refractivity contribution in [3.8, 4) is 0 Å². The first kappa shape index (κ1) is 14.9. The first-order valence-corrected chi connectivity index (χ1v) is 7.53. The molecule has 4 heteroatoms. The van der Waals surface area contributed by atoms with Crippen molar-refractivity contribution in [2.75, 3.05) is 38.1 Å². The van der Waals surface area contributed by atoms with Crippen LogP contribution >= 0.6 is 0 Å². The highest BCUT2D eigenvalue weighted by molar-refractivity contribution is 5.89. The standard InChI is InChI=1S/C16H24N2O2/c1-2-13-20-16(19)14-5-7-15(8-6-14)17-9-12-18-10-3-4-11-18/h5-8,17H,2-4,9-13H2,1H3. The number of benzene rings is 1. The van der Waals surface area contributed by atoms with Crippen LogP contribution in [-0.2, 0) is 4.74 Å². The van der Waals surface area contributed by atoms with Crippen LogP contribution in [0.3, 0.4) is 0 Å². The third-order valence-electron chi connectivity index (χ3n) is 3.51. The minimum absolute atomic E-state index is 0.240. The number of hydrogen-bond acceptors (Lipinski definition) is 4. The third kappa shape index (κ3) is 4.53. The normalized spacial score (nSPS) is 15.2. The Kier molecular flexibility index (Phi) is 5.87. The number of ether oxygens (including phenoxy) is 1. The van der Waals surface area contributed by atoms with Crippen LogP contribution in [-0.4, -0.2) is 43.7 Å². The zero-order valence-electron chi connectivity index (χ0n) is 12.2. The van der Waals surface area contributed by atoms with Gasteiger partial charge in [-0.2, -0.15) is 0 Å². The first-order valence-electron chi connectivity index (χ1n) is 7.53. The lowest BCUT2D eigenvalue weighted by Gasteiger charge is -2.15. The maximum Gasteiger partial charge on any atom is 0.338 e. The summed E-state index contributed by atoms with van der Waals surface area (Å²) in [5.41, 5.74) is 1.67. The lowest BCUT2D eigenvalue weighted by Crippen LogP contribution is -2.25. The van der Waals surface area contributed by atoms with E-state index in [9.17, 15) is 4.79 Å². The smallest absolute Gasteiger partial charge is 0.338 e. The molecule has 0 aromatic heterocycles. The third-order valence-corrected chi connectivity index (χ3v) is 3.51. The van der Waals surface area contributed by atoms with E-state index in [0.29, 0.717) is 12.2 Å². The largest absolute Gasteiger partial charge is 0.462 e.